The quantitative estimate of drug-likeness (QED) is 0.726. The molecule has 2 aliphatic rings. The Morgan fingerprint density at radius 3 is 2.82 bits per heavy atom. The van der Waals surface area contributed by atoms with Gasteiger partial charge in [-0.1, -0.05) is 0 Å². The normalized spacial score (nSPS) is 27.9. The zero-order valence-electron chi connectivity index (χ0n) is 9.96. The third-order valence-electron chi connectivity index (χ3n) is 3.29. The van der Waals surface area contributed by atoms with Gasteiger partial charge < -0.3 is 0 Å². The second-order valence-electron chi connectivity index (χ2n) is 4.57. The van der Waals surface area contributed by atoms with Crippen LogP contribution in [0.25, 0.3) is 0 Å². The molecule has 0 bridgehead atoms. The van der Waals surface area contributed by atoms with Crippen molar-refractivity contribution in [1.82, 2.24) is 9.21 Å². The van der Waals surface area contributed by atoms with Crippen molar-refractivity contribution in [2.45, 2.75) is 18.9 Å². The Kier molecular flexibility index (Phi) is 3.99. The molecular formula is C10H18N2O3S2. The van der Waals surface area contributed by atoms with E-state index >= 15 is 0 Å². The zero-order chi connectivity index (χ0) is 12.5. The van der Waals surface area contributed by atoms with Crippen LogP contribution >= 0.6 is 11.8 Å². The molecule has 0 aromatic heterocycles. The fraction of sp³-hybridized carbons (Fsp3) is 0.900. The Bertz CT molecular complexity index is 390. The van der Waals surface area contributed by atoms with Crippen LogP contribution in [0, 0.1) is 0 Å². The summed E-state index contributed by atoms with van der Waals surface area (Å²) in [7, 11) is -1.40. The van der Waals surface area contributed by atoms with Crippen molar-refractivity contribution in [3.05, 3.63) is 0 Å². The molecule has 2 heterocycles. The SMILES string of the molecule is CN(CC(=O)N1CCCS1(=O)=O)C1CCSC1. The van der Waals surface area contributed by atoms with E-state index in [0.717, 1.165) is 22.2 Å². The molecule has 0 aromatic carbocycles. The molecule has 1 atom stereocenters. The minimum Gasteiger partial charge on any atom is -0.294 e. The lowest BCUT2D eigenvalue weighted by molar-refractivity contribution is -0.127. The third-order valence-corrected chi connectivity index (χ3v) is 6.30. The largest absolute Gasteiger partial charge is 0.294 e. The molecule has 0 radical (unpaired) electrons. The first-order chi connectivity index (χ1) is 8.00. The smallest absolute Gasteiger partial charge is 0.250 e. The van der Waals surface area contributed by atoms with Gasteiger partial charge in [0.25, 0.3) is 0 Å². The van der Waals surface area contributed by atoms with Crippen molar-refractivity contribution in [1.29, 1.82) is 0 Å². The van der Waals surface area contributed by atoms with Gasteiger partial charge in [0.1, 0.15) is 0 Å². The van der Waals surface area contributed by atoms with Crippen molar-refractivity contribution in [2.24, 2.45) is 0 Å². The lowest BCUT2D eigenvalue weighted by atomic mass is 10.2. The van der Waals surface area contributed by atoms with Crippen molar-refractivity contribution < 1.29 is 13.2 Å². The van der Waals surface area contributed by atoms with E-state index in [1.54, 1.807) is 0 Å². The number of hydrogen-bond donors (Lipinski definition) is 0. The number of rotatable bonds is 3. The lowest BCUT2D eigenvalue weighted by Crippen LogP contribution is -2.43. The van der Waals surface area contributed by atoms with Gasteiger partial charge in [-0.05, 0) is 25.6 Å². The van der Waals surface area contributed by atoms with E-state index in [1.807, 2.05) is 23.7 Å². The second-order valence-corrected chi connectivity index (χ2v) is 7.73. The summed E-state index contributed by atoms with van der Waals surface area (Å²) in [6, 6.07) is 0.411. The number of carbonyl (C=O) groups excluding carboxylic acids is 1. The molecule has 98 valence electrons. The van der Waals surface area contributed by atoms with E-state index in [-0.39, 0.29) is 18.2 Å². The Balaban J connectivity index is 1.92. The predicted octanol–water partition coefficient (Wildman–Crippen LogP) is -0.0142. The first-order valence-electron chi connectivity index (χ1n) is 5.82. The summed E-state index contributed by atoms with van der Waals surface area (Å²) in [5.41, 5.74) is 0. The van der Waals surface area contributed by atoms with Crippen molar-refractivity contribution in [2.75, 3.05) is 37.4 Å². The van der Waals surface area contributed by atoms with Crippen LogP contribution in [-0.2, 0) is 14.8 Å². The maximum absolute atomic E-state index is 11.9. The van der Waals surface area contributed by atoms with Gasteiger partial charge in [0.2, 0.25) is 15.9 Å². The van der Waals surface area contributed by atoms with E-state index in [2.05, 4.69) is 0 Å². The molecule has 1 amide bonds. The summed E-state index contributed by atoms with van der Waals surface area (Å²) in [5.74, 6) is 2.01. The molecule has 2 aliphatic heterocycles. The Hall–Kier alpha value is -0.270. The van der Waals surface area contributed by atoms with Crippen molar-refractivity contribution in [3.63, 3.8) is 0 Å². The van der Waals surface area contributed by atoms with Crippen LogP contribution in [0.1, 0.15) is 12.8 Å². The summed E-state index contributed by atoms with van der Waals surface area (Å²) in [6.45, 7) is 0.568. The highest BCUT2D eigenvalue weighted by Gasteiger charge is 2.33. The van der Waals surface area contributed by atoms with Crippen molar-refractivity contribution in [3.8, 4) is 0 Å². The van der Waals surface area contributed by atoms with Crippen LogP contribution in [0.3, 0.4) is 0 Å². The van der Waals surface area contributed by atoms with E-state index in [0.29, 0.717) is 19.0 Å². The molecule has 2 fully saturated rings. The van der Waals surface area contributed by atoms with Gasteiger partial charge >= 0.3 is 0 Å². The van der Waals surface area contributed by atoms with Crippen LogP contribution < -0.4 is 0 Å². The van der Waals surface area contributed by atoms with E-state index in [9.17, 15) is 13.2 Å². The van der Waals surface area contributed by atoms with E-state index in [4.69, 9.17) is 0 Å². The summed E-state index contributed by atoms with van der Waals surface area (Å²) >= 11 is 1.88. The van der Waals surface area contributed by atoms with Crippen LogP contribution in [0.5, 0.6) is 0 Å². The molecule has 2 rings (SSSR count). The topological polar surface area (TPSA) is 57.7 Å². The Morgan fingerprint density at radius 1 is 1.53 bits per heavy atom. The van der Waals surface area contributed by atoms with Gasteiger partial charge in [0.05, 0.1) is 12.3 Å². The molecule has 0 aliphatic carbocycles. The van der Waals surface area contributed by atoms with Gasteiger partial charge in [-0.15, -0.1) is 0 Å². The molecule has 0 aromatic rings. The minimum atomic E-state index is -3.30. The maximum Gasteiger partial charge on any atom is 0.250 e. The van der Waals surface area contributed by atoms with Gasteiger partial charge in [0.15, 0.2) is 0 Å². The van der Waals surface area contributed by atoms with Gasteiger partial charge in [-0.2, -0.15) is 11.8 Å². The number of carbonyl (C=O) groups is 1. The maximum atomic E-state index is 11.9. The molecule has 0 N–H and O–H groups in total. The number of thioether (sulfide) groups is 1. The van der Waals surface area contributed by atoms with Crippen LogP contribution in [0.15, 0.2) is 0 Å². The standard InChI is InChI=1S/C10H18N2O3S2/c1-11(9-3-5-16-8-9)7-10(13)12-4-2-6-17(12,14)15/h9H,2-8H2,1H3. The number of likely N-dealkylation sites (N-methyl/N-ethyl adjacent to an activating group) is 1. The predicted molar refractivity (Wildman–Crippen MR) is 68.5 cm³/mol. The number of nitrogens with zero attached hydrogens (tertiary/aromatic N) is 2. The highest BCUT2D eigenvalue weighted by atomic mass is 32.2. The molecule has 0 spiro atoms. The van der Waals surface area contributed by atoms with E-state index in [1.165, 1.54) is 0 Å². The molecule has 5 nitrogen and oxygen atoms in total. The van der Waals surface area contributed by atoms with Gasteiger partial charge in [0, 0.05) is 18.3 Å². The van der Waals surface area contributed by atoms with Crippen LogP contribution in [0.4, 0.5) is 0 Å². The first-order valence-corrected chi connectivity index (χ1v) is 8.58. The monoisotopic (exact) mass is 278 g/mol. The molecule has 7 heteroatoms. The first kappa shape index (κ1) is 13.2. The number of sulfonamides is 1. The zero-order valence-corrected chi connectivity index (χ0v) is 11.6. The van der Waals surface area contributed by atoms with Gasteiger partial charge in [-0.3, -0.25) is 9.69 Å². The highest BCUT2D eigenvalue weighted by molar-refractivity contribution is 7.99. The third kappa shape index (κ3) is 2.95. The minimum absolute atomic E-state index is 0.113. The van der Waals surface area contributed by atoms with Crippen LogP contribution in [0.2, 0.25) is 0 Å². The summed E-state index contributed by atoms with van der Waals surface area (Å²) in [6.07, 6.45) is 1.65. The molecule has 1 unspecified atom stereocenters. The molecule has 0 saturated carbocycles. The molecule has 2 saturated heterocycles. The lowest BCUT2D eigenvalue weighted by Gasteiger charge is -2.25. The van der Waals surface area contributed by atoms with Crippen LogP contribution in [-0.4, -0.2) is 67.0 Å². The second kappa shape index (κ2) is 5.16. The molecular weight excluding hydrogens is 260 g/mol. The number of hydrogen-bond acceptors (Lipinski definition) is 5. The average Bonchev–Trinajstić information content (AvgIpc) is 2.85. The Morgan fingerprint density at radius 2 is 2.29 bits per heavy atom. The van der Waals surface area contributed by atoms with E-state index < -0.39 is 10.0 Å². The fourth-order valence-electron chi connectivity index (χ4n) is 2.21. The van der Waals surface area contributed by atoms with Crippen molar-refractivity contribution >= 4 is 27.7 Å². The number of amides is 1. The fourth-order valence-corrected chi connectivity index (χ4v) is 5.00. The molecule has 17 heavy (non-hydrogen) atoms. The summed E-state index contributed by atoms with van der Waals surface area (Å²) in [4.78, 5) is 13.9. The van der Waals surface area contributed by atoms with Gasteiger partial charge in [-0.25, -0.2) is 12.7 Å². The Labute approximate surface area is 107 Å². The summed E-state index contributed by atoms with van der Waals surface area (Å²) in [5, 5.41) is 0. The summed E-state index contributed by atoms with van der Waals surface area (Å²) < 4.78 is 24.2. The highest BCUT2D eigenvalue weighted by Crippen LogP contribution is 2.22. The average molecular weight is 278 g/mol.